The molecule has 0 aliphatic rings. The van der Waals surface area contributed by atoms with Gasteiger partial charge in [-0.3, -0.25) is 4.79 Å². The molecule has 174 valence electrons. The van der Waals surface area contributed by atoms with Crippen LogP contribution in [-0.4, -0.2) is 32.6 Å². The van der Waals surface area contributed by atoms with E-state index in [-0.39, 0.29) is 29.1 Å². The van der Waals surface area contributed by atoms with Crippen molar-refractivity contribution in [3.05, 3.63) is 84.7 Å². The van der Waals surface area contributed by atoms with Gasteiger partial charge in [0.2, 0.25) is 11.1 Å². The number of nitrogens with two attached hydrogens (primary N) is 1. The molecule has 0 fully saturated rings. The lowest BCUT2D eigenvalue weighted by atomic mass is 10.2. The van der Waals surface area contributed by atoms with Gasteiger partial charge in [0.15, 0.2) is 5.82 Å². The van der Waals surface area contributed by atoms with E-state index in [1.165, 1.54) is 10.7 Å². The number of carbonyl (C=O) groups is 1. The summed E-state index contributed by atoms with van der Waals surface area (Å²) < 4.78 is 15.3. The number of hydrogen-bond donors (Lipinski definition) is 2. The Bertz CT molecular complexity index is 1260. The predicted octanol–water partition coefficient (Wildman–Crippen LogP) is 5.08. The molecule has 7 nitrogen and oxygen atoms in total. The van der Waals surface area contributed by atoms with Crippen LogP contribution in [0.5, 0.6) is 0 Å². The van der Waals surface area contributed by atoms with Crippen LogP contribution in [0, 0.1) is 5.82 Å². The van der Waals surface area contributed by atoms with E-state index >= 15 is 0 Å². The number of rotatable bonds is 8. The van der Waals surface area contributed by atoms with Crippen LogP contribution in [0.15, 0.2) is 84.0 Å². The zero-order chi connectivity index (χ0) is 24.1. The molecule has 1 aromatic heterocycles. The first-order valence-electron chi connectivity index (χ1n) is 10.8. The molecule has 0 saturated heterocycles. The highest BCUT2D eigenvalue weighted by atomic mass is 32.2. The van der Waals surface area contributed by atoms with Gasteiger partial charge in [0.25, 0.3) is 0 Å². The van der Waals surface area contributed by atoms with E-state index < -0.39 is 5.82 Å². The fourth-order valence-electron chi connectivity index (χ4n) is 3.52. The molecule has 0 atom stereocenters. The first-order chi connectivity index (χ1) is 16.4. The summed E-state index contributed by atoms with van der Waals surface area (Å²) in [5, 5.41) is 11.7. The molecule has 0 aliphatic carbocycles. The number of aromatic nitrogens is 3. The molecule has 0 radical (unpaired) electrons. The summed E-state index contributed by atoms with van der Waals surface area (Å²) >= 11 is 1.16. The van der Waals surface area contributed by atoms with Gasteiger partial charge in [-0.15, -0.1) is 10.2 Å². The predicted molar refractivity (Wildman–Crippen MR) is 135 cm³/mol. The van der Waals surface area contributed by atoms with E-state index in [1.54, 1.807) is 23.1 Å². The molecule has 0 aliphatic heterocycles. The number of benzene rings is 3. The number of halogens is 1. The topological polar surface area (TPSA) is 89.1 Å². The summed E-state index contributed by atoms with van der Waals surface area (Å²) in [5.41, 5.74) is 2.96. The van der Waals surface area contributed by atoms with Crippen LogP contribution in [0.25, 0.3) is 11.4 Å². The third-order valence-corrected chi connectivity index (χ3v) is 6.02. The minimum Gasteiger partial charge on any atom is -0.356 e. The van der Waals surface area contributed by atoms with Crippen LogP contribution in [0.4, 0.5) is 21.5 Å². The Morgan fingerprint density at radius 2 is 1.65 bits per heavy atom. The van der Waals surface area contributed by atoms with Crippen molar-refractivity contribution in [1.29, 1.82) is 0 Å². The molecule has 9 heteroatoms. The summed E-state index contributed by atoms with van der Waals surface area (Å²) in [4.78, 5) is 14.8. The second-order valence-corrected chi connectivity index (χ2v) is 8.78. The van der Waals surface area contributed by atoms with Crippen molar-refractivity contribution in [2.45, 2.75) is 25.0 Å². The molecule has 0 saturated carbocycles. The fourth-order valence-corrected chi connectivity index (χ4v) is 4.24. The Balaban J connectivity index is 1.44. The van der Waals surface area contributed by atoms with Crippen molar-refractivity contribution < 1.29 is 9.18 Å². The normalized spacial score (nSPS) is 10.9. The summed E-state index contributed by atoms with van der Waals surface area (Å²) in [6.45, 7) is 3.92. The van der Waals surface area contributed by atoms with Crippen molar-refractivity contribution in [3.63, 3.8) is 0 Å². The van der Waals surface area contributed by atoms with Crippen LogP contribution in [0.2, 0.25) is 0 Å². The zero-order valence-electron chi connectivity index (χ0n) is 18.9. The number of nitrogens with one attached hydrogen (secondary N) is 1. The van der Waals surface area contributed by atoms with Crippen molar-refractivity contribution >= 4 is 34.7 Å². The molecule has 4 rings (SSSR count). The quantitative estimate of drug-likeness (QED) is 0.272. The maximum atomic E-state index is 14.1. The lowest BCUT2D eigenvalue weighted by molar-refractivity contribution is -0.116. The van der Waals surface area contributed by atoms with E-state index in [0.717, 1.165) is 28.8 Å². The van der Waals surface area contributed by atoms with Gasteiger partial charge in [0.05, 0.1) is 11.3 Å². The molecule has 0 spiro atoms. The van der Waals surface area contributed by atoms with Gasteiger partial charge in [-0.1, -0.05) is 42.1 Å². The third kappa shape index (κ3) is 5.20. The summed E-state index contributed by atoms with van der Waals surface area (Å²) in [6.07, 6.45) is 0. The number of para-hydroxylation sites is 1. The highest BCUT2D eigenvalue weighted by molar-refractivity contribution is 7.99. The SMILES string of the molecule is CC(C)N(C(=O)CSc1nnc(-c2ccccc2F)n1N)c1ccc(Nc2ccccc2)cc1. The molecule has 4 aromatic rings. The molecule has 3 N–H and O–H groups in total. The van der Waals surface area contributed by atoms with Crippen LogP contribution in [0.1, 0.15) is 13.8 Å². The Morgan fingerprint density at radius 1 is 1.00 bits per heavy atom. The number of nitrogen functional groups attached to an aromatic ring is 1. The summed E-state index contributed by atoms with van der Waals surface area (Å²) in [5.74, 6) is 5.86. The van der Waals surface area contributed by atoms with E-state index in [9.17, 15) is 9.18 Å². The second-order valence-electron chi connectivity index (χ2n) is 7.84. The monoisotopic (exact) mass is 476 g/mol. The van der Waals surface area contributed by atoms with Crippen molar-refractivity contribution in [1.82, 2.24) is 14.9 Å². The molecule has 34 heavy (non-hydrogen) atoms. The Labute approximate surface area is 201 Å². The lowest BCUT2D eigenvalue weighted by Crippen LogP contribution is -2.38. The van der Waals surface area contributed by atoms with E-state index in [1.807, 2.05) is 68.4 Å². The molecule has 0 unspecified atom stereocenters. The highest BCUT2D eigenvalue weighted by Crippen LogP contribution is 2.26. The number of nitrogens with zero attached hydrogens (tertiary/aromatic N) is 4. The fraction of sp³-hybridized carbons (Fsp3) is 0.160. The minimum atomic E-state index is -0.439. The number of anilines is 3. The number of hydrogen-bond acceptors (Lipinski definition) is 6. The molecule has 3 aromatic carbocycles. The largest absolute Gasteiger partial charge is 0.356 e. The maximum Gasteiger partial charge on any atom is 0.237 e. The molecular weight excluding hydrogens is 451 g/mol. The van der Waals surface area contributed by atoms with Gasteiger partial charge in [-0.2, -0.15) is 0 Å². The molecular formula is C25H25FN6OS. The maximum absolute atomic E-state index is 14.1. The Hall–Kier alpha value is -3.85. The van der Waals surface area contributed by atoms with Crippen LogP contribution >= 0.6 is 11.8 Å². The number of carbonyl (C=O) groups excluding carboxylic acids is 1. The average Bonchev–Trinajstić information content (AvgIpc) is 3.20. The van der Waals surface area contributed by atoms with E-state index in [0.29, 0.717) is 5.16 Å². The standard InChI is InChI=1S/C25H25FN6OS/c1-17(2)31(20-14-12-19(13-15-20)28-18-8-4-3-5-9-18)23(33)16-34-25-30-29-24(32(25)27)21-10-6-7-11-22(21)26/h3-15,17,28H,16,27H2,1-2H3. The second kappa shape index (κ2) is 10.4. The number of amides is 1. The Morgan fingerprint density at radius 3 is 2.32 bits per heavy atom. The van der Waals surface area contributed by atoms with E-state index in [4.69, 9.17) is 5.84 Å². The number of thioether (sulfide) groups is 1. The molecule has 1 amide bonds. The third-order valence-electron chi connectivity index (χ3n) is 5.10. The van der Waals surface area contributed by atoms with Gasteiger partial charge in [0.1, 0.15) is 5.82 Å². The van der Waals surface area contributed by atoms with Crippen LogP contribution in [-0.2, 0) is 4.79 Å². The van der Waals surface area contributed by atoms with Crippen molar-refractivity contribution in [2.24, 2.45) is 0 Å². The van der Waals surface area contributed by atoms with Crippen LogP contribution in [0.3, 0.4) is 0 Å². The first kappa shape index (κ1) is 23.3. The van der Waals surface area contributed by atoms with Gasteiger partial charge in [-0.05, 0) is 62.4 Å². The summed E-state index contributed by atoms with van der Waals surface area (Å²) in [7, 11) is 0. The molecule has 1 heterocycles. The van der Waals surface area contributed by atoms with Gasteiger partial charge in [0, 0.05) is 23.1 Å². The lowest BCUT2D eigenvalue weighted by Gasteiger charge is -2.27. The van der Waals surface area contributed by atoms with Gasteiger partial charge >= 0.3 is 0 Å². The van der Waals surface area contributed by atoms with Crippen molar-refractivity contribution in [2.75, 3.05) is 21.8 Å². The van der Waals surface area contributed by atoms with Gasteiger partial charge in [-0.25, -0.2) is 9.07 Å². The van der Waals surface area contributed by atoms with E-state index in [2.05, 4.69) is 15.5 Å². The summed E-state index contributed by atoms with van der Waals surface area (Å²) in [6, 6.07) is 23.7. The Kier molecular flexibility index (Phi) is 7.12. The first-order valence-corrected chi connectivity index (χ1v) is 11.7. The van der Waals surface area contributed by atoms with Crippen molar-refractivity contribution in [3.8, 4) is 11.4 Å². The van der Waals surface area contributed by atoms with Crippen LogP contribution < -0.4 is 16.1 Å². The highest BCUT2D eigenvalue weighted by Gasteiger charge is 2.21. The van der Waals surface area contributed by atoms with Gasteiger partial charge < -0.3 is 16.1 Å². The minimum absolute atomic E-state index is 0.0502. The average molecular weight is 477 g/mol. The smallest absolute Gasteiger partial charge is 0.237 e. The zero-order valence-corrected chi connectivity index (χ0v) is 19.7. The molecule has 0 bridgehead atoms.